The van der Waals surface area contributed by atoms with E-state index in [2.05, 4.69) is 31.2 Å². The second-order valence-electron chi connectivity index (χ2n) is 5.17. The maximum atomic E-state index is 12.7. The second kappa shape index (κ2) is 7.10. The molecule has 0 bridgehead atoms. The Kier molecular flexibility index (Phi) is 5.41. The van der Waals surface area contributed by atoms with E-state index in [9.17, 15) is 9.59 Å². The smallest absolute Gasteiger partial charge is 0.405 e. The minimum atomic E-state index is -1.25. The third-order valence-electron chi connectivity index (χ3n) is 3.80. The number of rotatable bonds is 5. The zero-order valence-electron chi connectivity index (χ0n) is 12.4. The van der Waals surface area contributed by atoms with Gasteiger partial charge in [0, 0.05) is 13.7 Å². The average molecular weight is 375 g/mol. The second-order valence-corrected chi connectivity index (χ2v) is 6.03. The fraction of sp³-hybridized carbons (Fsp3) is 0.615. The molecular formula is C13H19BrN4O4. The summed E-state index contributed by atoms with van der Waals surface area (Å²) in [5.41, 5.74) is 0. The zero-order chi connectivity index (χ0) is 16.3. The van der Waals surface area contributed by atoms with Crippen molar-refractivity contribution in [3.8, 4) is 0 Å². The molecule has 2 amide bonds. The molecule has 1 fully saturated rings. The lowest BCUT2D eigenvalue weighted by Crippen LogP contribution is -2.53. The van der Waals surface area contributed by atoms with Crippen LogP contribution in [0.25, 0.3) is 0 Å². The van der Waals surface area contributed by atoms with Crippen LogP contribution in [0.15, 0.2) is 10.8 Å². The Bertz CT molecular complexity index is 550. The first-order valence-corrected chi connectivity index (χ1v) is 7.76. The van der Waals surface area contributed by atoms with E-state index < -0.39 is 18.2 Å². The molecular weight excluding hydrogens is 356 g/mol. The minimum absolute atomic E-state index is 0.180. The Balaban J connectivity index is 2.19. The van der Waals surface area contributed by atoms with E-state index in [-0.39, 0.29) is 11.9 Å². The molecule has 9 heteroatoms. The minimum Gasteiger partial charge on any atom is -0.465 e. The highest BCUT2D eigenvalue weighted by Crippen LogP contribution is 2.31. The van der Waals surface area contributed by atoms with Gasteiger partial charge in [0.15, 0.2) is 0 Å². The van der Waals surface area contributed by atoms with Gasteiger partial charge in [-0.3, -0.25) is 4.79 Å². The van der Waals surface area contributed by atoms with Gasteiger partial charge in [-0.15, -0.1) is 0 Å². The number of carbonyl (C=O) groups is 2. The Morgan fingerprint density at radius 1 is 1.64 bits per heavy atom. The summed E-state index contributed by atoms with van der Waals surface area (Å²) in [6.07, 6.45) is 1.45. The molecule has 0 aromatic carbocycles. The lowest BCUT2D eigenvalue weighted by atomic mass is 10.1. The maximum Gasteiger partial charge on any atom is 0.405 e. The topological polar surface area (TPSA) is 108 Å². The summed E-state index contributed by atoms with van der Waals surface area (Å²) in [6.45, 7) is 2.23. The molecule has 1 aliphatic rings. The van der Waals surface area contributed by atoms with Gasteiger partial charge >= 0.3 is 6.09 Å². The van der Waals surface area contributed by atoms with Crippen LogP contribution in [0.5, 0.6) is 0 Å². The third-order valence-corrected chi connectivity index (χ3v) is 4.21. The van der Waals surface area contributed by atoms with E-state index in [0.29, 0.717) is 12.4 Å². The van der Waals surface area contributed by atoms with Gasteiger partial charge in [0.25, 0.3) is 0 Å². The van der Waals surface area contributed by atoms with E-state index in [1.54, 1.807) is 18.0 Å². The Morgan fingerprint density at radius 2 is 2.36 bits per heavy atom. The molecule has 1 aromatic rings. The van der Waals surface area contributed by atoms with Gasteiger partial charge in [0.05, 0.1) is 18.3 Å². The summed E-state index contributed by atoms with van der Waals surface area (Å²) in [6, 6.07) is -1.12. The fourth-order valence-electron chi connectivity index (χ4n) is 2.62. The number of aromatic amines is 1. The molecule has 0 spiro atoms. The van der Waals surface area contributed by atoms with Crippen molar-refractivity contribution < 1.29 is 19.4 Å². The first-order chi connectivity index (χ1) is 10.4. The molecule has 3 atom stereocenters. The highest BCUT2D eigenvalue weighted by molar-refractivity contribution is 9.10. The van der Waals surface area contributed by atoms with Crippen molar-refractivity contribution in [2.45, 2.75) is 38.0 Å². The van der Waals surface area contributed by atoms with Gasteiger partial charge in [-0.25, -0.2) is 9.78 Å². The number of halogens is 1. The van der Waals surface area contributed by atoms with Crippen molar-refractivity contribution in [3.05, 3.63) is 16.6 Å². The van der Waals surface area contributed by atoms with Crippen molar-refractivity contribution in [3.63, 3.8) is 0 Å². The summed E-state index contributed by atoms with van der Waals surface area (Å²) in [5, 5.41) is 11.2. The lowest BCUT2D eigenvalue weighted by molar-refractivity contribution is -0.137. The van der Waals surface area contributed by atoms with Crippen molar-refractivity contribution in [1.29, 1.82) is 0 Å². The average Bonchev–Trinajstić information content (AvgIpc) is 3.11. The predicted molar refractivity (Wildman–Crippen MR) is 81.4 cm³/mol. The van der Waals surface area contributed by atoms with Crippen LogP contribution in [-0.4, -0.2) is 57.8 Å². The largest absolute Gasteiger partial charge is 0.465 e. The molecule has 1 aliphatic heterocycles. The van der Waals surface area contributed by atoms with Gasteiger partial charge in [-0.2, -0.15) is 0 Å². The van der Waals surface area contributed by atoms with Crippen LogP contribution in [-0.2, 0) is 9.53 Å². The number of hydrogen-bond donors (Lipinski definition) is 3. The predicted octanol–water partition coefficient (Wildman–Crippen LogP) is 1.51. The summed E-state index contributed by atoms with van der Waals surface area (Å²) in [4.78, 5) is 32.7. The third kappa shape index (κ3) is 3.58. The molecule has 8 nitrogen and oxygen atoms in total. The number of ether oxygens (including phenoxy) is 1. The molecule has 1 aromatic heterocycles. The van der Waals surface area contributed by atoms with Crippen molar-refractivity contribution in [1.82, 2.24) is 20.2 Å². The van der Waals surface area contributed by atoms with E-state index in [1.807, 2.05) is 0 Å². The van der Waals surface area contributed by atoms with Crippen LogP contribution in [0.1, 0.15) is 31.6 Å². The van der Waals surface area contributed by atoms with Crippen LogP contribution in [0.2, 0.25) is 0 Å². The van der Waals surface area contributed by atoms with Gasteiger partial charge in [0.1, 0.15) is 16.5 Å². The molecule has 2 rings (SSSR count). The number of carbonyl (C=O) groups excluding carboxylic acids is 1. The number of aromatic nitrogens is 2. The summed E-state index contributed by atoms with van der Waals surface area (Å²) in [5.74, 6) is 0.392. The first kappa shape index (κ1) is 16.8. The summed E-state index contributed by atoms with van der Waals surface area (Å²) in [7, 11) is 1.44. The van der Waals surface area contributed by atoms with Gasteiger partial charge in [0.2, 0.25) is 5.91 Å². The Morgan fingerprint density at radius 3 is 2.91 bits per heavy atom. The van der Waals surface area contributed by atoms with Crippen LogP contribution in [0.3, 0.4) is 0 Å². The SMILES string of the molecule is CO[C@H](C)[C@H](NC(=O)O)C(=O)N1CCC[C@H]1c1ncc(Br)[nH]1. The molecule has 0 saturated carbocycles. The number of carboxylic acid groups (broad SMARTS) is 1. The van der Waals surface area contributed by atoms with Gasteiger partial charge < -0.3 is 25.0 Å². The van der Waals surface area contributed by atoms with Gasteiger partial charge in [-0.1, -0.05) is 0 Å². The molecule has 0 aliphatic carbocycles. The quantitative estimate of drug-likeness (QED) is 0.723. The van der Waals surface area contributed by atoms with Crippen LogP contribution in [0.4, 0.5) is 4.79 Å². The van der Waals surface area contributed by atoms with E-state index in [0.717, 1.165) is 17.4 Å². The number of nitrogens with zero attached hydrogens (tertiary/aromatic N) is 2. The number of hydrogen-bond acceptors (Lipinski definition) is 4. The summed E-state index contributed by atoms with van der Waals surface area (Å²) >= 11 is 3.30. The first-order valence-electron chi connectivity index (χ1n) is 6.97. The summed E-state index contributed by atoms with van der Waals surface area (Å²) < 4.78 is 5.88. The van der Waals surface area contributed by atoms with Gasteiger partial charge in [-0.05, 0) is 35.7 Å². The zero-order valence-corrected chi connectivity index (χ0v) is 14.0. The monoisotopic (exact) mass is 374 g/mol. The van der Waals surface area contributed by atoms with Crippen molar-refractivity contribution in [2.24, 2.45) is 0 Å². The standard InChI is InChI=1S/C13H19BrN4O4/c1-7(22-2)10(17-13(20)21)12(19)18-5-3-4-8(18)11-15-6-9(14)16-11/h6-8,10,17H,3-5H2,1-2H3,(H,15,16)(H,20,21)/t7-,8+,10+/m1/s1. The van der Waals surface area contributed by atoms with Crippen LogP contribution >= 0.6 is 15.9 Å². The Hall–Kier alpha value is -1.61. The van der Waals surface area contributed by atoms with E-state index in [1.165, 1.54) is 7.11 Å². The lowest BCUT2D eigenvalue weighted by Gasteiger charge is -2.30. The van der Waals surface area contributed by atoms with Crippen LogP contribution < -0.4 is 5.32 Å². The molecule has 1 saturated heterocycles. The highest BCUT2D eigenvalue weighted by Gasteiger charge is 2.38. The molecule has 22 heavy (non-hydrogen) atoms. The van der Waals surface area contributed by atoms with E-state index >= 15 is 0 Å². The van der Waals surface area contributed by atoms with Crippen molar-refractivity contribution in [2.75, 3.05) is 13.7 Å². The number of likely N-dealkylation sites (tertiary alicyclic amines) is 1. The maximum absolute atomic E-state index is 12.7. The van der Waals surface area contributed by atoms with Crippen LogP contribution in [0, 0.1) is 0 Å². The Labute approximate surface area is 136 Å². The van der Waals surface area contributed by atoms with E-state index in [4.69, 9.17) is 9.84 Å². The normalized spacial score (nSPS) is 20.7. The number of nitrogens with one attached hydrogen (secondary N) is 2. The number of methoxy groups -OCH3 is 1. The molecule has 122 valence electrons. The highest BCUT2D eigenvalue weighted by atomic mass is 79.9. The fourth-order valence-corrected chi connectivity index (χ4v) is 2.93. The number of H-pyrrole nitrogens is 1. The number of amides is 2. The van der Waals surface area contributed by atoms with Crippen molar-refractivity contribution >= 4 is 27.9 Å². The number of imidazole rings is 1. The molecule has 2 heterocycles. The molecule has 3 N–H and O–H groups in total. The molecule has 0 radical (unpaired) electrons. The molecule has 0 unspecified atom stereocenters.